The minimum atomic E-state index is -0.938. The van der Waals surface area contributed by atoms with E-state index in [2.05, 4.69) is 20.6 Å². The number of H-pyrrole nitrogens is 1. The molecule has 4 rings (SSSR count). The first-order chi connectivity index (χ1) is 14.9. The minimum absolute atomic E-state index is 0.127. The number of anilines is 2. The maximum atomic E-state index is 12.8. The lowest BCUT2D eigenvalue weighted by atomic mass is 9.92. The van der Waals surface area contributed by atoms with E-state index in [9.17, 15) is 14.4 Å². The van der Waals surface area contributed by atoms with E-state index in [1.165, 1.54) is 17.3 Å². The van der Waals surface area contributed by atoms with Crippen LogP contribution in [0, 0.1) is 6.92 Å². The average Bonchev–Trinajstić information content (AvgIpc) is 2.74. The molecule has 158 valence electrons. The molecule has 3 N–H and O–H groups in total. The Labute approximate surface area is 187 Å². The molecular formula is C22H19ClN4O3S. The van der Waals surface area contributed by atoms with E-state index < -0.39 is 17.4 Å². The van der Waals surface area contributed by atoms with Gasteiger partial charge >= 0.3 is 0 Å². The third-order valence-corrected chi connectivity index (χ3v) is 6.05. The van der Waals surface area contributed by atoms with Gasteiger partial charge in [0.25, 0.3) is 5.56 Å². The smallest absolute Gasteiger partial charge is 0.257 e. The van der Waals surface area contributed by atoms with Crippen LogP contribution in [0.15, 0.2) is 58.5 Å². The van der Waals surface area contributed by atoms with Crippen molar-refractivity contribution in [3.63, 3.8) is 0 Å². The SMILES string of the molecule is Cc1ccc(CSc2nc3c(c(=O)[nH]2)[C@@H](C(=O)Nc2ccc(Cl)cc2)CC(=O)N3)cc1. The number of carbonyl (C=O) groups is 2. The number of hydrogen-bond donors (Lipinski definition) is 3. The van der Waals surface area contributed by atoms with Crippen LogP contribution in [0.2, 0.25) is 5.02 Å². The van der Waals surface area contributed by atoms with Crippen LogP contribution in [0.3, 0.4) is 0 Å². The molecule has 3 aromatic rings. The number of carbonyl (C=O) groups excluding carboxylic acids is 2. The number of benzene rings is 2. The monoisotopic (exact) mass is 454 g/mol. The summed E-state index contributed by atoms with van der Waals surface area (Å²) in [6.45, 7) is 2.02. The van der Waals surface area contributed by atoms with Crippen molar-refractivity contribution in [2.75, 3.05) is 10.6 Å². The van der Waals surface area contributed by atoms with E-state index in [1.807, 2.05) is 31.2 Å². The van der Waals surface area contributed by atoms with Gasteiger partial charge in [-0.05, 0) is 36.8 Å². The molecule has 1 aliphatic rings. The lowest BCUT2D eigenvalue weighted by Crippen LogP contribution is -2.36. The van der Waals surface area contributed by atoms with E-state index in [0.717, 1.165) is 5.56 Å². The van der Waals surface area contributed by atoms with Crippen molar-refractivity contribution < 1.29 is 9.59 Å². The fourth-order valence-electron chi connectivity index (χ4n) is 3.24. The topological polar surface area (TPSA) is 104 Å². The highest BCUT2D eigenvalue weighted by molar-refractivity contribution is 7.98. The number of fused-ring (bicyclic) bond motifs is 1. The molecule has 0 unspecified atom stereocenters. The summed E-state index contributed by atoms with van der Waals surface area (Å²) in [4.78, 5) is 45.0. The van der Waals surface area contributed by atoms with Gasteiger partial charge in [0.2, 0.25) is 11.8 Å². The lowest BCUT2D eigenvalue weighted by Gasteiger charge is -2.23. The van der Waals surface area contributed by atoms with Crippen molar-refractivity contribution in [2.24, 2.45) is 0 Å². The van der Waals surface area contributed by atoms with Crippen LogP contribution in [0.5, 0.6) is 0 Å². The zero-order valence-electron chi connectivity index (χ0n) is 16.6. The Bertz CT molecular complexity index is 1190. The highest BCUT2D eigenvalue weighted by atomic mass is 35.5. The quantitative estimate of drug-likeness (QED) is 0.398. The summed E-state index contributed by atoms with van der Waals surface area (Å²) >= 11 is 7.22. The van der Waals surface area contributed by atoms with Gasteiger partial charge in [-0.2, -0.15) is 0 Å². The van der Waals surface area contributed by atoms with Gasteiger partial charge in [0.05, 0.1) is 11.5 Å². The molecule has 0 aliphatic carbocycles. The lowest BCUT2D eigenvalue weighted by molar-refractivity contribution is -0.123. The maximum Gasteiger partial charge on any atom is 0.257 e. The van der Waals surface area contributed by atoms with Crippen LogP contribution in [-0.4, -0.2) is 21.8 Å². The second kappa shape index (κ2) is 8.95. The molecule has 0 spiro atoms. The molecule has 2 amide bonds. The Morgan fingerprint density at radius 2 is 1.87 bits per heavy atom. The van der Waals surface area contributed by atoms with Gasteiger partial charge in [0.1, 0.15) is 5.82 Å². The first-order valence-electron chi connectivity index (χ1n) is 9.58. The fourth-order valence-corrected chi connectivity index (χ4v) is 4.18. The number of amides is 2. The predicted molar refractivity (Wildman–Crippen MR) is 122 cm³/mol. The van der Waals surface area contributed by atoms with Gasteiger partial charge in [-0.3, -0.25) is 14.4 Å². The van der Waals surface area contributed by atoms with Crippen LogP contribution >= 0.6 is 23.4 Å². The van der Waals surface area contributed by atoms with Crippen molar-refractivity contribution in [1.82, 2.24) is 9.97 Å². The molecule has 0 fully saturated rings. The number of rotatable bonds is 5. The molecule has 0 saturated carbocycles. The van der Waals surface area contributed by atoms with Crippen molar-refractivity contribution in [2.45, 2.75) is 30.2 Å². The molecular weight excluding hydrogens is 436 g/mol. The molecule has 1 aromatic heterocycles. The van der Waals surface area contributed by atoms with Gasteiger partial charge in [-0.15, -0.1) is 0 Å². The first kappa shape index (κ1) is 21.1. The fraction of sp³-hybridized carbons (Fsp3) is 0.182. The molecule has 9 heteroatoms. The standard InChI is InChI=1S/C22H19ClN4O3S/c1-12-2-4-13(5-3-12)11-31-22-26-19-18(21(30)27-22)16(10-17(28)25-19)20(29)24-15-8-6-14(23)7-9-15/h2-9,16H,10-11H2,1H3,(H,24,29)(H2,25,26,27,28,30)/t16-/m0/s1. The third kappa shape index (κ3) is 4.98. The second-order valence-electron chi connectivity index (χ2n) is 7.21. The molecule has 7 nitrogen and oxygen atoms in total. The van der Waals surface area contributed by atoms with E-state index in [1.54, 1.807) is 24.3 Å². The number of aromatic amines is 1. The molecule has 2 heterocycles. The largest absolute Gasteiger partial charge is 0.326 e. The molecule has 1 aliphatic heterocycles. The van der Waals surface area contributed by atoms with Crippen molar-refractivity contribution >= 4 is 46.7 Å². The van der Waals surface area contributed by atoms with Crippen LogP contribution in [0.1, 0.15) is 29.0 Å². The normalized spacial score (nSPS) is 15.2. The first-order valence-corrected chi connectivity index (χ1v) is 10.9. The maximum absolute atomic E-state index is 12.8. The second-order valence-corrected chi connectivity index (χ2v) is 8.61. The van der Waals surface area contributed by atoms with Crippen LogP contribution in [-0.2, 0) is 15.3 Å². The molecule has 0 bridgehead atoms. The highest BCUT2D eigenvalue weighted by Crippen LogP contribution is 2.31. The zero-order chi connectivity index (χ0) is 22.0. The summed E-state index contributed by atoms with van der Waals surface area (Å²) in [6.07, 6.45) is -0.132. The van der Waals surface area contributed by atoms with Gasteiger partial charge in [0, 0.05) is 22.9 Å². The number of halogens is 1. The summed E-state index contributed by atoms with van der Waals surface area (Å²) in [7, 11) is 0. The Balaban J connectivity index is 1.56. The zero-order valence-corrected chi connectivity index (χ0v) is 18.1. The number of nitrogens with zero attached hydrogens (tertiary/aromatic N) is 1. The molecule has 1 atom stereocenters. The summed E-state index contributed by atoms with van der Waals surface area (Å²) in [5.41, 5.74) is 2.50. The summed E-state index contributed by atoms with van der Waals surface area (Å²) in [6, 6.07) is 14.6. The highest BCUT2D eigenvalue weighted by Gasteiger charge is 2.34. The minimum Gasteiger partial charge on any atom is -0.326 e. The van der Waals surface area contributed by atoms with Crippen LogP contribution in [0.4, 0.5) is 11.5 Å². The Kier molecular flexibility index (Phi) is 6.11. The number of nitrogens with one attached hydrogen (secondary N) is 3. The Morgan fingerprint density at radius 1 is 1.16 bits per heavy atom. The molecule has 31 heavy (non-hydrogen) atoms. The predicted octanol–water partition coefficient (Wildman–Crippen LogP) is 4.09. The van der Waals surface area contributed by atoms with Gasteiger partial charge in [0.15, 0.2) is 5.16 Å². The average molecular weight is 455 g/mol. The molecule has 0 saturated heterocycles. The van der Waals surface area contributed by atoms with Crippen molar-refractivity contribution in [1.29, 1.82) is 0 Å². The van der Waals surface area contributed by atoms with Crippen LogP contribution < -0.4 is 16.2 Å². The van der Waals surface area contributed by atoms with E-state index in [0.29, 0.717) is 21.6 Å². The third-order valence-electron chi connectivity index (χ3n) is 4.85. The summed E-state index contributed by atoms with van der Waals surface area (Å²) in [5, 5.41) is 6.27. The molecule has 0 radical (unpaired) electrons. The van der Waals surface area contributed by atoms with Crippen molar-refractivity contribution in [3.8, 4) is 0 Å². The molecule has 2 aromatic carbocycles. The number of aromatic nitrogens is 2. The van der Waals surface area contributed by atoms with E-state index in [-0.39, 0.29) is 23.7 Å². The summed E-state index contributed by atoms with van der Waals surface area (Å²) < 4.78 is 0. The van der Waals surface area contributed by atoms with E-state index >= 15 is 0 Å². The van der Waals surface area contributed by atoms with Gasteiger partial charge < -0.3 is 15.6 Å². The Morgan fingerprint density at radius 3 is 2.58 bits per heavy atom. The van der Waals surface area contributed by atoms with Crippen LogP contribution in [0.25, 0.3) is 0 Å². The van der Waals surface area contributed by atoms with E-state index in [4.69, 9.17) is 11.6 Å². The number of aryl methyl sites for hydroxylation is 1. The summed E-state index contributed by atoms with van der Waals surface area (Å²) in [5.74, 6) is -1.02. The van der Waals surface area contributed by atoms with Gasteiger partial charge in [-0.1, -0.05) is 53.2 Å². The number of hydrogen-bond acceptors (Lipinski definition) is 5. The van der Waals surface area contributed by atoms with Gasteiger partial charge in [-0.25, -0.2) is 4.98 Å². The number of thioether (sulfide) groups is 1. The van der Waals surface area contributed by atoms with Crippen molar-refractivity contribution in [3.05, 3.63) is 80.6 Å². The Hall–Kier alpha value is -3.10.